The Labute approximate surface area is 146 Å². The average Bonchev–Trinajstić information content (AvgIpc) is 3.09. The van der Waals surface area contributed by atoms with Crippen LogP contribution in [0.4, 0.5) is 0 Å². The molecule has 3 atom stereocenters. The number of benzene rings is 1. The number of hydrogen-bond acceptors (Lipinski definition) is 4. The van der Waals surface area contributed by atoms with E-state index in [0.717, 1.165) is 38.9 Å². The topological polar surface area (TPSA) is 59.1 Å². The first-order chi connectivity index (χ1) is 12.2. The summed E-state index contributed by atoms with van der Waals surface area (Å²) in [5, 5.41) is 0. The molecule has 1 aromatic carbocycles. The van der Waals surface area contributed by atoms with Crippen molar-refractivity contribution in [3.8, 4) is 11.5 Å². The van der Waals surface area contributed by atoms with Gasteiger partial charge in [-0.15, -0.1) is 0 Å². The molecule has 6 heteroatoms. The third-order valence-corrected chi connectivity index (χ3v) is 6.09. The van der Waals surface area contributed by atoms with Crippen LogP contribution in [0.15, 0.2) is 18.2 Å². The molecule has 25 heavy (non-hydrogen) atoms. The van der Waals surface area contributed by atoms with E-state index in [1.165, 1.54) is 0 Å². The molecular formula is C19H22N2O4. The maximum atomic E-state index is 13.0. The SMILES string of the molecule is O=C(c1ccc2c(c1)OCO2)N1C[C@@H]2C[C@@H](C1)C1CCCC(=O)N1C2. The molecule has 2 amide bonds. The van der Waals surface area contributed by atoms with Gasteiger partial charge in [-0.1, -0.05) is 0 Å². The Kier molecular flexibility index (Phi) is 3.40. The number of carbonyl (C=O) groups is 2. The Morgan fingerprint density at radius 3 is 2.92 bits per heavy atom. The fourth-order valence-electron chi connectivity index (χ4n) is 4.99. The quantitative estimate of drug-likeness (QED) is 0.782. The minimum atomic E-state index is 0.0589. The second-order valence-electron chi connectivity index (χ2n) is 7.65. The van der Waals surface area contributed by atoms with E-state index in [-0.39, 0.29) is 12.7 Å². The fraction of sp³-hybridized carbons (Fsp3) is 0.579. The van der Waals surface area contributed by atoms with Gasteiger partial charge >= 0.3 is 0 Å². The Bertz CT molecular complexity index is 734. The van der Waals surface area contributed by atoms with Crippen molar-refractivity contribution >= 4 is 11.8 Å². The number of nitrogens with zero attached hydrogens (tertiary/aromatic N) is 2. The van der Waals surface area contributed by atoms with E-state index in [2.05, 4.69) is 4.90 Å². The third-order valence-electron chi connectivity index (χ3n) is 6.09. The zero-order valence-electron chi connectivity index (χ0n) is 14.1. The normalized spacial score (nSPS) is 30.2. The van der Waals surface area contributed by atoms with Gasteiger partial charge in [0.25, 0.3) is 5.91 Å². The molecule has 0 aliphatic carbocycles. The lowest BCUT2D eigenvalue weighted by Crippen LogP contribution is -2.61. The summed E-state index contributed by atoms with van der Waals surface area (Å²) in [6.45, 7) is 2.51. The highest BCUT2D eigenvalue weighted by atomic mass is 16.7. The Morgan fingerprint density at radius 2 is 2.00 bits per heavy atom. The van der Waals surface area contributed by atoms with Gasteiger partial charge in [-0.2, -0.15) is 0 Å². The molecule has 3 saturated heterocycles. The largest absolute Gasteiger partial charge is 0.454 e. The Morgan fingerprint density at radius 1 is 1.12 bits per heavy atom. The predicted octanol–water partition coefficient (Wildman–Crippen LogP) is 1.89. The van der Waals surface area contributed by atoms with E-state index in [9.17, 15) is 9.59 Å². The van der Waals surface area contributed by atoms with Crippen LogP contribution in [0, 0.1) is 11.8 Å². The van der Waals surface area contributed by atoms with Crippen LogP contribution in [0.1, 0.15) is 36.0 Å². The molecule has 0 spiro atoms. The van der Waals surface area contributed by atoms with Gasteiger partial charge in [0.2, 0.25) is 12.7 Å². The maximum absolute atomic E-state index is 13.0. The van der Waals surface area contributed by atoms with Crippen molar-refractivity contribution in [2.24, 2.45) is 11.8 Å². The predicted molar refractivity (Wildman–Crippen MR) is 89.4 cm³/mol. The van der Waals surface area contributed by atoms with Crippen molar-refractivity contribution in [2.45, 2.75) is 31.7 Å². The van der Waals surface area contributed by atoms with Crippen molar-refractivity contribution in [3.63, 3.8) is 0 Å². The second-order valence-corrected chi connectivity index (χ2v) is 7.65. The van der Waals surface area contributed by atoms with E-state index < -0.39 is 0 Å². The van der Waals surface area contributed by atoms with Gasteiger partial charge in [0.15, 0.2) is 11.5 Å². The van der Waals surface area contributed by atoms with E-state index >= 15 is 0 Å². The minimum absolute atomic E-state index is 0.0589. The van der Waals surface area contributed by atoms with Gasteiger partial charge in [0.05, 0.1) is 0 Å². The second kappa shape index (κ2) is 5.64. The van der Waals surface area contributed by atoms with Crippen LogP contribution in [-0.2, 0) is 4.79 Å². The van der Waals surface area contributed by atoms with Gasteiger partial charge in [-0.3, -0.25) is 9.59 Å². The molecule has 2 bridgehead atoms. The highest BCUT2D eigenvalue weighted by molar-refractivity contribution is 5.95. The number of ether oxygens (including phenoxy) is 2. The lowest BCUT2D eigenvalue weighted by Gasteiger charge is -2.52. The first-order valence-electron chi connectivity index (χ1n) is 9.17. The minimum Gasteiger partial charge on any atom is -0.454 e. The molecule has 0 aromatic heterocycles. The number of likely N-dealkylation sites (tertiary alicyclic amines) is 1. The number of amides is 2. The van der Waals surface area contributed by atoms with Crippen molar-refractivity contribution in [1.82, 2.24) is 9.80 Å². The van der Waals surface area contributed by atoms with Crippen LogP contribution in [0.25, 0.3) is 0 Å². The lowest BCUT2D eigenvalue weighted by atomic mass is 9.76. The zero-order valence-corrected chi connectivity index (χ0v) is 14.1. The summed E-state index contributed by atoms with van der Waals surface area (Å²) in [6.07, 6.45) is 3.89. The maximum Gasteiger partial charge on any atom is 0.254 e. The summed E-state index contributed by atoms with van der Waals surface area (Å²) in [6, 6.07) is 5.73. The molecule has 132 valence electrons. The number of rotatable bonds is 1. The van der Waals surface area contributed by atoms with Crippen LogP contribution >= 0.6 is 0 Å². The summed E-state index contributed by atoms with van der Waals surface area (Å²) in [4.78, 5) is 29.3. The zero-order chi connectivity index (χ0) is 17.0. The molecule has 0 N–H and O–H groups in total. The molecule has 1 unspecified atom stereocenters. The molecular weight excluding hydrogens is 320 g/mol. The van der Waals surface area contributed by atoms with Crippen molar-refractivity contribution in [2.75, 3.05) is 26.4 Å². The first kappa shape index (κ1) is 15.0. The molecule has 0 radical (unpaired) electrons. The smallest absolute Gasteiger partial charge is 0.254 e. The van der Waals surface area contributed by atoms with E-state index in [1.807, 2.05) is 17.0 Å². The molecule has 4 aliphatic heterocycles. The number of hydrogen-bond donors (Lipinski definition) is 0. The van der Waals surface area contributed by atoms with Crippen LogP contribution in [0.3, 0.4) is 0 Å². The number of piperidine rings is 3. The monoisotopic (exact) mass is 342 g/mol. The molecule has 5 rings (SSSR count). The van der Waals surface area contributed by atoms with E-state index in [1.54, 1.807) is 6.07 Å². The van der Waals surface area contributed by atoms with E-state index in [0.29, 0.717) is 47.3 Å². The first-order valence-corrected chi connectivity index (χ1v) is 9.17. The van der Waals surface area contributed by atoms with Crippen LogP contribution in [0.2, 0.25) is 0 Å². The molecule has 6 nitrogen and oxygen atoms in total. The summed E-state index contributed by atoms with van der Waals surface area (Å²) in [7, 11) is 0. The molecule has 3 fully saturated rings. The van der Waals surface area contributed by atoms with Crippen molar-refractivity contribution in [1.29, 1.82) is 0 Å². The van der Waals surface area contributed by atoms with E-state index in [4.69, 9.17) is 9.47 Å². The van der Waals surface area contributed by atoms with Gasteiger partial charge in [0.1, 0.15) is 0 Å². The van der Waals surface area contributed by atoms with Gasteiger partial charge in [0, 0.05) is 37.7 Å². The average molecular weight is 342 g/mol. The Hall–Kier alpha value is -2.24. The number of fused-ring (bicyclic) bond motifs is 5. The number of carbonyl (C=O) groups excluding carboxylic acids is 2. The summed E-state index contributed by atoms with van der Waals surface area (Å²) < 4.78 is 10.7. The molecule has 4 heterocycles. The van der Waals surface area contributed by atoms with Crippen molar-refractivity contribution < 1.29 is 19.1 Å². The van der Waals surface area contributed by atoms with Crippen LogP contribution in [0.5, 0.6) is 11.5 Å². The van der Waals surface area contributed by atoms with Gasteiger partial charge in [-0.05, 0) is 49.3 Å². The fourth-order valence-corrected chi connectivity index (χ4v) is 4.99. The summed E-state index contributed by atoms with van der Waals surface area (Å²) >= 11 is 0. The highest BCUT2D eigenvalue weighted by Crippen LogP contribution is 2.39. The van der Waals surface area contributed by atoms with Gasteiger partial charge in [-0.25, -0.2) is 0 Å². The Balaban J connectivity index is 1.36. The standard InChI is InChI=1S/C19H22N2O4/c22-18-3-1-2-15-14-6-12(9-21(15)18)8-20(10-14)19(23)13-4-5-16-17(7-13)25-11-24-16/h4-5,7,12,14-15H,1-3,6,8-11H2/t12-,14-,15?/m0/s1. The molecule has 4 aliphatic rings. The lowest BCUT2D eigenvalue weighted by molar-refractivity contribution is -0.144. The molecule has 0 saturated carbocycles. The summed E-state index contributed by atoms with van der Waals surface area (Å²) in [5.74, 6) is 2.52. The third kappa shape index (κ3) is 2.46. The summed E-state index contributed by atoms with van der Waals surface area (Å²) in [5.41, 5.74) is 0.654. The van der Waals surface area contributed by atoms with Gasteiger partial charge < -0.3 is 19.3 Å². The molecule has 1 aromatic rings. The van der Waals surface area contributed by atoms with Crippen molar-refractivity contribution in [3.05, 3.63) is 23.8 Å². The highest BCUT2D eigenvalue weighted by Gasteiger charge is 2.44. The van der Waals surface area contributed by atoms with Crippen LogP contribution in [-0.4, -0.2) is 54.1 Å². The van der Waals surface area contributed by atoms with Crippen LogP contribution < -0.4 is 9.47 Å².